The summed E-state index contributed by atoms with van der Waals surface area (Å²) in [4.78, 5) is 29.1. The third-order valence-corrected chi connectivity index (χ3v) is 5.14. The van der Waals surface area contributed by atoms with Gasteiger partial charge < -0.3 is 9.47 Å². The highest BCUT2D eigenvalue weighted by molar-refractivity contribution is 7.14. The zero-order chi connectivity index (χ0) is 19.5. The van der Waals surface area contributed by atoms with Gasteiger partial charge in [0.1, 0.15) is 5.75 Å². The number of hydrogen-bond donors (Lipinski definition) is 1. The van der Waals surface area contributed by atoms with E-state index in [0.717, 1.165) is 29.0 Å². The Hall–Kier alpha value is -3.19. The molecule has 0 saturated carbocycles. The van der Waals surface area contributed by atoms with Gasteiger partial charge >= 0.3 is 5.97 Å². The van der Waals surface area contributed by atoms with Gasteiger partial charge in [0.05, 0.1) is 17.9 Å². The molecule has 0 radical (unpaired) electrons. The molecular weight excluding hydrogens is 376 g/mol. The van der Waals surface area contributed by atoms with E-state index >= 15 is 0 Å². The fourth-order valence-corrected chi connectivity index (χ4v) is 3.60. The smallest absolute Gasteiger partial charge is 0.338 e. The van der Waals surface area contributed by atoms with Crippen molar-refractivity contribution >= 4 is 28.3 Å². The molecule has 0 spiro atoms. The van der Waals surface area contributed by atoms with Crippen molar-refractivity contribution in [1.82, 2.24) is 4.98 Å². The molecule has 0 aliphatic carbocycles. The first kappa shape index (κ1) is 18.2. The maximum Gasteiger partial charge on any atom is 0.338 e. The molecule has 1 unspecified atom stereocenters. The topological polar surface area (TPSA) is 77.5 Å². The Bertz CT molecular complexity index is 1020. The maximum absolute atomic E-state index is 12.4. The molecule has 1 aliphatic rings. The lowest BCUT2D eigenvalue weighted by Gasteiger charge is -2.12. The van der Waals surface area contributed by atoms with E-state index in [1.807, 2.05) is 35.7 Å². The minimum atomic E-state index is -0.943. The Morgan fingerprint density at radius 3 is 2.86 bits per heavy atom. The van der Waals surface area contributed by atoms with Crippen molar-refractivity contribution in [1.29, 1.82) is 0 Å². The van der Waals surface area contributed by atoms with E-state index in [0.29, 0.717) is 17.3 Å². The summed E-state index contributed by atoms with van der Waals surface area (Å²) < 4.78 is 10.7. The number of nitrogens with zero attached hydrogens (tertiary/aromatic N) is 1. The van der Waals surface area contributed by atoms with E-state index in [1.54, 1.807) is 18.2 Å². The van der Waals surface area contributed by atoms with Gasteiger partial charge in [0.15, 0.2) is 11.2 Å². The van der Waals surface area contributed by atoms with Crippen LogP contribution >= 0.6 is 11.3 Å². The summed E-state index contributed by atoms with van der Waals surface area (Å²) in [6.45, 7) is 2.15. The Labute approximate surface area is 166 Å². The molecule has 6 nitrogen and oxygen atoms in total. The van der Waals surface area contributed by atoms with E-state index in [9.17, 15) is 9.59 Å². The monoisotopic (exact) mass is 394 g/mol. The van der Waals surface area contributed by atoms with Gasteiger partial charge in [0.25, 0.3) is 5.91 Å². The van der Waals surface area contributed by atoms with E-state index in [4.69, 9.17) is 9.47 Å². The maximum atomic E-state index is 12.4. The lowest BCUT2D eigenvalue weighted by molar-refractivity contribution is -0.123. The van der Waals surface area contributed by atoms with Crippen LogP contribution in [0.4, 0.5) is 5.13 Å². The van der Waals surface area contributed by atoms with Gasteiger partial charge in [-0.25, -0.2) is 9.78 Å². The third kappa shape index (κ3) is 3.89. The summed E-state index contributed by atoms with van der Waals surface area (Å²) in [7, 11) is 0. The number of hydrogen-bond acceptors (Lipinski definition) is 6. The van der Waals surface area contributed by atoms with Crippen LogP contribution in [0, 0.1) is 0 Å². The van der Waals surface area contributed by atoms with E-state index in [-0.39, 0.29) is 0 Å². The first-order chi connectivity index (χ1) is 13.6. The van der Waals surface area contributed by atoms with Crippen molar-refractivity contribution in [3.8, 4) is 17.0 Å². The van der Waals surface area contributed by atoms with Crippen molar-refractivity contribution in [2.24, 2.45) is 0 Å². The molecule has 28 heavy (non-hydrogen) atoms. The van der Waals surface area contributed by atoms with Gasteiger partial charge in [0, 0.05) is 17.4 Å². The molecule has 1 amide bonds. The number of esters is 1. The average Bonchev–Trinajstić information content (AvgIpc) is 3.37. The van der Waals surface area contributed by atoms with Crippen LogP contribution in [0.5, 0.6) is 5.75 Å². The standard InChI is InChI=1S/C21H18N2O4S/c1-13(27-20(25)16-7-8-18-15(11-16)9-10-26-18)19(24)23-21-22-17(12-28-21)14-5-3-2-4-6-14/h2-8,11-13H,9-10H2,1H3,(H,22,23,24). The van der Waals surface area contributed by atoms with Crippen LogP contribution in [0.1, 0.15) is 22.8 Å². The number of thiazole rings is 1. The first-order valence-electron chi connectivity index (χ1n) is 8.88. The molecule has 3 aromatic rings. The van der Waals surface area contributed by atoms with Crippen molar-refractivity contribution in [2.45, 2.75) is 19.4 Å². The summed E-state index contributed by atoms with van der Waals surface area (Å²) in [5.74, 6) is -0.173. The summed E-state index contributed by atoms with van der Waals surface area (Å²) in [6, 6.07) is 14.8. The second-order valence-electron chi connectivity index (χ2n) is 6.36. The third-order valence-electron chi connectivity index (χ3n) is 4.38. The zero-order valence-corrected chi connectivity index (χ0v) is 16.0. The number of nitrogens with one attached hydrogen (secondary N) is 1. The quantitative estimate of drug-likeness (QED) is 0.664. The summed E-state index contributed by atoms with van der Waals surface area (Å²) in [5.41, 5.74) is 3.14. The molecule has 0 fully saturated rings. The van der Waals surface area contributed by atoms with Gasteiger partial charge in [-0.05, 0) is 30.7 Å². The lowest BCUT2D eigenvalue weighted by atomic mass is 10.1. The Morgan fingerprint density at radius 1 is 1.21 bits per heavy atom. The van der Waals surface area contributed by atoms with Crippen molar-refractivity contribution in [3.63, 3.8) is 0 Å². The predicted molar refractivity (Wildman–Crippen MR) is 107 cm³/mol. The molecule has 1 aromatic heterocycles. The number of aromatic nitrogens is 1. The Balaban J connectivity index is 1.37. The van der Waals surface area contributed by atoms with Gasteiger partial charge in [-0.3, -0.25) is 10.1 Å². The average molecular weight is 394 g/mol. The van der Waals surface area contributed by atoms with E-state index < -0.39 is 18.0 Å². The number of anilines is 1. The SMILES string of the molecule is CC(OC(=O)c1ccc2c(c1)CCO2)C(=O)Nc1nc(-c2ccccc2)cs1. The summed E-state index contributed by atoms with van der Waals surface area (Å²) >= 11 is 1.32. The number of benzene rings is 2. The minimum absolute atomic E-state index is 0.407. The molecule has 2 aromatic carbocycles. The number of amides is 1. The molecular formula is C21H18N2O4S. The van der Waals surface area contributed by atoms with Gasteiger partial charge in [-0.15, -0.1) is 11.3 Å². The highest BCUT2D eigenvalue weighted by atomic mass is 32.1. The number of ether oxygens (including phenoxy) is 2. The lowest BCUT2D eigenvalue weighted by Crippen LogP contribution is -2.30. The van der Waals surface area contributed by atoms with Crippen LogP contribution in [0.15, 0.2) is 53.9 Å². The molecule has 4 rings (SSSR count). The zero-order valence-electron chi connectivity index (χ0n) is 15.2. The molecule has 142 valence electrons. The fourth-order valence-electron chi connectivity index (χ4n) is 2.88. The molecule has 1 atom stereocenters. The normalized spacial score (nSPS) is 13.3. The number of fused-ring (bicyclic) bond motifs is 1. The van der Waals surface area contributed by atoms with Crippen molar-refractivity contribution in [2.75, 3.05) is 11.9 Å². The van der Waals surface area contributed by atoms with Crippen LogP contribution in [0.2, 0.25) is 0 Å². The number of rotatable bonds is 5. The van der Waals surface area contributed by atoms with Gasteiger partial charge in [0.2, 0.25) is 0 Å². The van der Waals surface area contributed by atoms with Crippen molar-refractivity contribution < 1.29 is 19.1 Å². The van der Waals surface area contributed by atoms with Crippen LogP contribution in [-0.2, 0) is 16.0 Å². The Kier molecular flexibility index (Phi) is 5.08. The molecule has 1 N–H and O–H groups in total. The highest BCUT2D eigenvalue weighted by Gasteiger charge is 2.22. The van der Waals surface area contributed by atoms with E-state index in [2.05, 4.69) is 10.3 Å². The van der Waals surface area contributed by atoms with E-state index in [1.165, 1.54) is 18.3 Å². The van der Waals surface area contributed by atoms with Crippen LogP contribution < -0.4 is 10.1 Å². The van der Waals surface area contributed by atoms with Crippen LogP contribution in [-0.4, -0.2) is 29.6 Å². The highest BCUT2D eigenvalue weighted by Crippen LogP contribution is 2.27. The first-order valence-corrected chi connectivity index (χ1v) is 9.76. The van der Waals surface area contributed by atoms with Crippen LogP contribution in [0.25, 0.3) is 11.3 Å². The second kappa shape index (κ2) is 7.82. The second-order valence-corrected chi connectivity index (χ2v) is 7.22. The Morgan fingerprint density at radius 2 is 2.04 bits per heavy atom. The molecule has 2 heterocycles. The number of carbonyl (C=O) groups excluding carboxylic acids is 2. The molecule has 0 bridgehead atoms. The minimum Gasteiger partial charge on any atom is -0.493 e. The molecule has 7 heteroatoms. The summed E-state index contributed by atoms with van der Waals surface area (Å²) in [6.07, 6.45) is -0.179. The largest absolute Gasteiger partial charge is 0.493 e. The molecule has 1 aliphatic heterocycles. The van der Waals surface area contributed by atoms with Gasteiger partial charge in [-0.1, -0.05) is 30.3 Å². The summed E-state index contributed by atoms with van der Waals surface area (Å²) in [5, 5.41) is 5.03. The van der Waals surface area contributed by atoms with Gasteiger partial charge in [-0.2, -0.15) is 0 Å². The van der Waals surface area contributed by atoms with Crippen molar-refractivity contribution in [3.05, 3.63) is 65.0 Å². The van der Waals surface area contributed by atoms with Crippen LogP contribution in [0.3, 0.4) is 0 Å². The fraction of sp³-hybridized carbons (Fsp3) is 0.190. The number of carbonyl (C=O) groups is 2. The predicted octanol–water partition coefficient (Wildman–Crippen LogP) is 3.93. The molecule has 0 saturated heterocycles.